The van der Waals surface area contributed by atoms with Crippen LogP contribution in [-0.2, 0) is 6.42 Å². The maximum Gasteiger partial charge on any atom is 0.253 e. The van der Waals surface area contributed by atoms with E-state index in [1.807, 2.05) is 5.38 Å². The number of hydrogen-bond acceptors (Lipinski definition) is 4. The molecule has 2 aromatic rings. The van der Waals surface area contributed by atoms with Crippen LogP contribution in [-0.4, -0.2) is 17.4 Å². The molecule has 5 heteroatoms. The molecule has 3 N–H and O–H groups in total. The molecule has 1 amide bonds. The number of hydrogen-bond donors (Lipinski definition) is 2. The monoisotopic (exact) mass is 261 g/mol. The Hall–Kier alpha value is -1.88. The average molecular weight is 261 g/mol. The third kappa shape index (κ3) is 3.07. The van der Waals surface area contributed by atoms with Gasteiger partial charge < -0.3 is 11.1 Å². The first kappa shape index (κ1) is 12.6. The van der Waals surface area contributed by atoms with Gasteiger partial charge in [-0.1, -0.05) is 0 Å². The van der Waals surface area contributed by atoms with Gasteiger partial charge in [-0.2, -0.15) is 11.3 Å². The van der Waals surface area contributed by atoms with Gasteiger partial charge in [0.2, 0.25) is 0 Å². The van der Waals surface area contributed by atoms with Crippen molar-refractivity contribution in [1.82, 2.24) is 10.3 Å². The smallest absolute Gasteiger partial charge is 0.253 e. The van der Waals surface area contributed by atoms with Crippen LogP contribution in [0.5, 0.6) is 0 Å². The van der Waals surface area contributed by atoms with Crippen LogP contribution < -0.4 is 11.1 Å². The number of pyridine rings is 1. The van der Waals surface area contributed by atoms with E-state index in [0.29, 0.717) is 23.5 Å². The van der Waals surface area contributed by atoms with Crippen molar-refractivity contribution in [3.05, 3.63) is 45.9 Å². The summed E-state index contributed by atoms with van der Waals surface area (Å²) in [5.41, 5.74) is 8.61. The number of thiophene rings is 1. The first-order chi connectivity index (χ1) is 8.66. The second-order valence-electron chi connectivity index (χ2n) is 4.04. The number of anilines is 1. The van der Waals surface area contributed by atoms with Crippen LogP contribution in [0.1, 0.15) is 21.6 Å². The van der Waals surface area contributed by atoms with E-state index >= 15 is 0 Å². The zero-order valence-electron chi connectivity index (χ0n) is 10.1. The highest BCUT2D eigenvalue weighted by molar-refractivity contribution is 7.07. The molecule has 2 aromatic heterocycles. The Bertz CT molecular complexity index is 537. The van der Waals surface area contributed by atoms with Gasteiger partial charge in [0, 0.05) is 6.54 Å². The zero-order chi connectivity index (χ0) is 13.0. The van der Waals surface area contributed by atoms with Crippen LogP contribution in [0.4, 0.5) is 5.69 Å². The largest absolute Gasteiger partial charge is 0.397 e. The molecule has 0 bridgehead atoms. The fraction of sp³-hybridized carbons (Fsp3) is 0.231. The number of aryl methyl sites for hydroxylation is 1. The number of nitrogens with two attached hydrogens (primary N) is 1. The molecular weight excluding hydrogens is 246 g/mol. The first-order valence-corrected chi connectivity index (χ1v) is 6.62. The normalized spacial score (nSPS) is 10.3. The van der Waals surface area contributed by atoms with Gasteiger partial charge in [0.25, 0.3) is 5.91 Å². The second-order valence-corrected chi connectivity index (χ2v) is 4.82. The average Bonchev–Trinajstić information content (AvgIpc) is 2.85. The van der Waals surface area contributed by atoms with Gasteiger partial charge in [-0.3, -0.25) is 9.78 Å². The van der Waals surface area contributed by atoms with Gasteiger partial charge in [0.05, 0.1) is 23.1 Å². The van der Waals surface area contributed by atoms with Crippen molar-refractivity contribution in [1.29, 1.82) is 0 Å². The predicted octanol–water partition coefficient (Wildman–Crippen LogP) is 2.01. The van der Waals surface area contributed by atoms with Gasteiger partial charge in [-0.25, -0.2) is 0 Å². The van der Waals surface area contributed by atoms with Crippen molar-refractivity contribution >= 4 is 22.9 Å². The van der Waals surface area contributed by atoms with Gasteiger partial charge in [0.15, 0.2) is 0 Å². The molecular formula is C13H15N3OS. The molecule has 0 fully saturated rings. The summed E-state index contributed by atoms with van der Waals surface area (Å²) in [6, 6.07) is 3.71. The molecule has 94 valence electrons. The minimum absolute atomic E-state index is 0.123. The van der Waals surface area contributed by atoms with Crippen molar-refractivity contribution in [2.24, 2.45) is 0 Å². The SMILES string of the molecule is Cc1ncc(N)cc1C(=O)NCCc1ccsc1. The molecule has 0 aliphatic rings. The Morgan fingerprint density at radius 1 is 1.56 bits per heavy atom. The molecule has 0 aromatic carbocycles. The van der Waals surface area contributed by atoms with Gasteiger partial charge in [-0.15, -0.1) is 0 Å². The van der Waals surface area contributed by atoms with Gasteiger partial charge in [0.1, 0.15) is 0 Å². The van der Waals surface area contributed by atoms with Crippen molar-refractivity contribution in [3.8, 4) is 0 Å². The van der Waals surface area contributed by atoms with Gasteiger partial charge in [-0.05, 0) is 41.8 Å². The Kier molecular flexibility index (Phi) is 3.94. The van der Waals surface area contributed by atoms with E-state index in [2.05, 4.69) is 21.7 Å². The predicted molar refractivity (Wildman–Crippen MR) is 73.7 cm³/mol. The third-order valence-corrected chi connectivity index (χ3v) is 3.36. The molecule has 2 rings (SSSR count). The van der Waals surface area contributed by atoms with Crippen molar-refractivity contribution in [2.45, 2.75) is 13.3 Å². The van der Waals surface area contributed by atoms with Crippen LogP contribution in [0.15, 0.2) is 29.1 Å². The van der Waals surface area contributed by atoms with Crippen LogP contribution in [0.2, 0.25) is 0 Å². The summed E-state index contributed by atoms with van der Waals surface area (Å²) in [5.74, 6) is -0.123. The lowest BCUT2D eigenvalue weighted by molar-refractivity contribution is 0.0953. The summed E-state index contributed by atoms with van der Waals surface area (Å²) in [7, 11) is 0. The van der Waals surface area contributed by atoms with E-state index in [4.69, 9.17) is 5.73 Å². The molecule has 0 unspecified atom stereocenters. The topological polar surface area (TPSA) is 68.0 Å². The summed E-state index contributed by atoms with van der Waals surface area (Å²) in [4.78, 5) is 16.0. The maximum absolute atomic E-state index is 11.9. The minimum atomic E-state index is -0.123. The van der Waals surface area contributed by atoms with Crippen LogP contribution in [0.3, 0.4) is 0 Å². The van der Waals surface area contributed by atoms with E-state index in [-0.39, 0.29) is 5.91 Å². The Labute approximate surface area is 110 Å². The number of amides is 1. The van der Waals surface area contributed by atoms with Crippen LogP contribution >= 0.6 is 11.3 Å². The fourth-order valence-corrected chi connectivity index (χ4v) is 2.33. The van der Waals surface area contributed by atoms with Crippen molar-refractivity contribution < 1.29 is 4.79 Å². The minimum Gasteiger partial charge on any atom is -0.397 e. The highest BCUT2D eigenvalue weighted by atomic mass is 32.1. The van der Waals surface area contributed by atoms with Crippen molar-refractivity contribution in [2.75, 3.05) is 12.3 Å². The molecule has 0 spiro atoms. The Morgan fingerprint density at radius 2 is 2.39 bits per heavy atom. The summed E-state index contributed by atoms with van der Waals surface area (Å²) in [6.45, 7) is 2.41. The quantitative estimate of drug-likeness (QED) is 0.884. The molecule has 0 radical (unpaired) electrons. The fourth-order valence-electron chi connectivity index (χ4n) is 1.63. The lowest BCUT2D eigenvalue weighted by Gasteiger charge is -2.07. The van der Waals surface area contributed by atoms with E-state index in [1.165, 1.54) is 5.56 Å². The number of nitrogen functional groups attached to an aromatic ring is 1. The number of carbonyl (C=O) groups excluding carboxylic acids is 1. The summed E-state index contributed by atoms with van der Waals surface area (Å²) >= 11 is 1.66. The molecule has 4 nitrogen and oxygen atoms in total. The summed E-state index contributed by atoms with van der Waals surface area (Å²) in [5, 5.41) is 6.99. The summed E-state index contributed by atoms with van der Waals surface area (Å²) in [6.07, 6.45) is 2.39. The second kappa shape index (κ2) is 5.64. The van der Waals surface area contributed by atoms with E-state index in [9.17, 15) is 4.79 Å². The lowest BCUT2D eigenvalue weighted by Crippen LogP contribution is -2.26. The maximum atomic E-state index is 11.9. The number of nitrogens with one attached hydrogen (secondary N) is 1. The zero-order valence-corrected chi connectivity index (χ0v) is 11.0. The van der Waals surface area contributed by atoms with Crippen LogP contribution in [0, 0.1) is 6.92 Å². The third-order valence-electron chi connectivity index (χ3n) is 2.63. The number of nitrogens with zero attached hydrogens (tertiary/aromatic N) is 1. The summed E-state index contributed by atoms with van der Waals surface area (Å²) < 4.78 is 0. The number of rotatable bonds is 4. The van der Waals surface area contributed by atoms with Crippen LogP contribution in [0.25, 0.3) is 0 Å². The molecule has 2 heterocycles. The molecule has 0 atom stereocenters. The molecule has 0 saturated heterocycles. The molecule has 0 aliphatic carbocycles. The highest BCUT2D eigenvalue weighted by Crippen LogP contribution is 2.09. The molecule has 0 saturated carbocycles. The van der Waals surface area contributed by atoms with Gasteiger partial charge >= 0.3 is 0 Å². The lowest BCUT2D eigenvalue weighted by atomic mass is 10.1. The highest BCUT2D eigenvalue weighted by Gasteiger charge is 2.09. The number of aromatic nitrogens is 1. The number of carbonyl (C=O) groups is 1. The molecule has 18 heavy (non-hydrogen) atoms. The Balaban J connectivity index is 1.93. The standard InChI is InChI=1S/C13H15N3OS/c1-9-12(6-11(14)7-16-9)13(17)15-4-2-10-3-5-18-8-10/h3,5-8H,2,4,14H2,1H3,(H,15,17). The van der Waals surface area contributed by atoms with E-state index in [1.54, 1.807) is 30.5 Å². The molecule has 0 aliphatic heterocycles. The van der Waals surface area contributed by atoms with E-state index in [0.717, 1.165) is 6.42 Å². The Morgan fingerprint density at radius 3 is 3.11 bits per heavy atom. The first-order valence-electron chi connectivity index (χ1n) is 5.68. The van der Waals surface area contributed by atoms with E-state index < -0.39 is 0 Å². The van der Waals surface area contributed by atoms with Crippen molar-refractivity contribution in [3.63, 3.8) is 0 Å².